The third-order valence-corrected chi connectivity index (χ3v) is 5.43. The minimum absolute atomic E-state index is 0.289. The summed E-state index contributed by atoms with van der Waals surface area (Å²) in [6, 6.07) is 4.46. The first-order chi connectivity index (χ1) is 10.1. The molecule has 0 amide bonds. The molecule has 1 N–H and O–H groups in total. The van der Waals surface area contributed by atoms with Gasteiger partial charge in [0.25, 0.3) is 0 Å². The second-order valence-corrected chi connectivity index (χ2v) is 6.85. The molecule has 1 saturated carbocycles. The van der Waals surface area contributed by atoms with Crippen molar-refractivity contribution >= 4 is 15.9 Å². The van der Waals surface area contributed by atoms with E-state index in [4.69, 9.17) is 9.47 Å². The van der Waals surface area contributed by atoms with Gasteiger partial charge in [-0.25, -0.2) is 0 Å². The molecule has 1 aromatic carbocycles. The number of rotatable bonds is 6. The van der Waals surface area contributed by atoms with Crippen LogP contribution in [0.3, 0.4) is 0 Å². The van der Waals surface area contributed by atoms with Gasteiger partial charge in [0.05, 0.1) is 14.2 Å². The first-order valence-electron chi connectivity index (χ1n) is 7.71. The largest absolute Gasteiger partial charge is 0.495 e. The molecule has 0 aliphatic heterocycles. The number of benzene rings is 1. The smallest absolute Gasteiger partial charge is 0.141 e. The van der Waals surface area contributed by atoms with Gasteiger partial charge < -0.3 is 14.8 Å². The van der Waals surface area contributed by atoms with Crippen LogP contribution in [0, 0.1) is 5.41 Å². The Balaban J connectivity index is 2.47. The van der Waals surface area contributed by atoms with Crippen molar-refractivity contribution in [3.63, 3.8) is 0 Å². The van der Waals surface area contributed by atoms with Crippen molar-refractivity contribution in [1.29, 1.82) is 0 Å². The number of methoxy groups -OCH3 is 2. The fourth-order valence-electron chi connectivity index (χ4n) is 3.55. The maximum atomic E-state index is 5.68. The van der Waals surface area contributed by atoms with Gasteiger partial charge in [-0.15, -0.1) is 0 Å². The third kappa shape index (κ3) is 3.21. The van der Waals surface area contributed by atoms with Crippen LogP contribution in [0.2, 0.25) is 0 Å². The molecule has 1 atom stereocenters. The molecule has 2 rings (SSSR count). The summed E-state index contributed by atoms with van der Waals surface area (Å²) in [5.74, 6) is 1.69. The average molecular weight is 356 g/mol. The highest BCUT2D eigenvalue weighted by atomic mass is 79.9. The molecule has 0 aromatic heterocycles. The molecule has 4 heteroatoms. The Kier molecular flexibility index (Phi) is 5.55. The molecule has 0 heterocycles. The molecule has 0 bridgehead atoms. The van der Waals surface area contributed by atoms with Crippen molar-refractivity contribution in [1.82, 2.24) is 5.32 Å². The monoisotopic (exact) mass is 355 g/mol. The van der Waals surface area contributed by atoms with Crippen LogP contribution in [0.1, 0.15) is 51.1 Å². The van der Waals surface area contributed by atoms with E-state index in [9.17, 15) is 0 Å². The second kappa shape index (κ2) is 7.01. The number of nitrogens with one attached hydrogen (secondary N) is 1. The lowest BCUT2D eigenvalue weighted by Crippen LogP contribution is -2.34. The van der Waals surface area contributed by atoms with Crippen molar-refractivity contribution in [3.05, 3.63) is 22.2 Å². The topological polar surface area (TPSA) is 30.5 Å². The van der Waals surface area contributed by atoms with Crippen molar-refractivity contribution in [2.75, 3.05) is 20.8 Å². The summed E-state index contributed by atoms with van der Waals surface area (Å²) >= 11 is 3.62. The van der Waals surface area contributed by atoms with E-state index in [0.717, 1.165) is 22.5 Å². The Morgan fingerprint density at radius 3 is 2.43 bits per heavy atom. The maximum Gasteiger partial charge on any atom is 0.141 e. The molecular weight excluding hydrogens is 330 g/mol. The maximum absolute atomic E-state index is 5.68. The molecule has 21 heavy (non-hydrogen) atoms. The van der Waals surface area contributed by atoms with Crippen LogP contribution in [-0.4, -0.2) is 20.8 Å². The van der Waals surface area contributed by atoms with E-state index in [-0.39, 0.29) is 5.41 Å². The Labute approximate surface area is 136 Å². The molecule has 0 spiro atoms. The minimum Gasteiger partial charge on any atom is -0.495 e. The van der Waals surface area contributed by atoms with Crippen LogP contribution in [0.5, 0.6) is 11.5 Å². The number of halogens is 1. The fourth-order valence-corrected chi connectivity index (χ4v) is 4.24. The third-order valence-electron chi connectivity index (χ3n) is 4.68. The number of hydrogen-bond donors (Lipinski definition) is 1. The van der Waals surface area contributed by atoms with Gasteiger partial charge in [-0.1, -0.05) is 26.7 Å². The first kappa shape index (κ1) is 16.6. The van der Waals surface area contributed by atoms with Gasteiger partial charge in [-0.2, -0.15) is 0 Å². The summed E-state index contributed by atoms with van der Waals surface area (Å²) < 4.78 is 12.0. The standard InChI is InChI=1S/C17H26BrNO2/c1-5-19-16(17(2)10-6-7-11-17)12-8-9-13(20-3)14(18)15(12)21-4/h8-9,16,19H,5-7,10-11H2,1-4H3. The van der Waals surface area contributed by atoms with E-state index in [1.165, 1.54) is 31.2 Å². The molecule has 3 nitrogen and oxygen atoms in total. The Hall–Kier alpha value is -0.740. The van der Waals surface area contributed by atoms with Crippen molar-refractivity contribution in [3.8, 4) is 11.5 Å². The van der Waals surface area contributed by atoms with Gasteiger partial charge >= 0.3 is 0 Å². The van der Waals surface area contributed by atoms with Gasteiger partial charge in [0.1, 0.15) is 16.0 Å². The zero-order valence-corrected chi connectivity index (χ0v) is 15.0. The Bertz CT molecular complexity index is 484. The van der Waals surface area contributed by atoms with Crippen molar-refractivity contribution in [2.24, 2.45) is 5.41 Å². The Morgan fingerprint density at radius 2 is 1.90 bits per heavy atom. The second-order valence-electron chi connectivity index (χ2n) is 6.06. The van der Waals surface area contributed by atoms with Gasteiger partial charge in [0.15, 0.2) is 0 Å². The Morgan fingerprint density at radius 1 is 1.24 bits per heavy atom. The highest BCUT2D eigenvalue weighted by Gasteiger charge is 2.39. The van der Waals surface area contributed by atoms with Gasteiger partial charge in [0, 0.05) is 11.6 Å². The van der Waals surface area contributed by atoms with E-state index in [0.29, 0.717) is 6.04 Å². The van der Waals surface area contributed by atoms with E-state index < -0.39 is 0 Å². The lowest BCUT2D eigenvalue weighted by molar-refractivity contribution is 0.220. The minimum atomic E-state index is 0.289. The summed E-state index contributed by atoms with van der Waals surface area (Å²) in [5, 5.41) is 3.68. The normalized spacial score (nSPS) is 18.5. The van der Waals surface area contributed by atoms with Gasteiger partial charge in [-0.3, -0.25) is 0 Å². The predicted molar refractivity (Wildman–Crippen MR) is 90.2 cm³/mol. The molecule has 1 aliphatic rings. The average Bonchev–Trinajstić information content (AvgIpc) is 2.92. The highest BCUT2D eigenvalue weighted by Crippen LogP contribution is 2.51. The van der Waals surface area contributed by atoms with Crippen LogP contribution in [0.25, 0.3) is 0 Å². The van der Waals surface area contributed by atoms with Crippen LogP contribution < -0.4 is 14.8 Å². The quantitative estimate of drug-likeness (QED) is 0.802. The van der Waals surface area contributed by atoms with Crippen LogP contribution in [0.4, 0.5) is 0 Å². The summed E-state index contributed by atoms with van der Waals surface area (Å²) in [5.41, 5.74) is 1.51. The SMILES string of the molecule is CCNC(c1ccc(OC)c(Br)c1OC)C1(C)CCCC1. The number of ether oxygens (including phenoxy) is 2. The zero-order valence-electron chi connectivity index (χ0n) is 13.5. The molecular formula is C17H26BrNO2. The predicted octanol–water partition coefficient (Wildman–Crippen LogP) is 4.70. The molecule has 1 unspecified atom stereocenters. The van der Waals surface area contributed by atoms with Crippen molar-refractivity contribution < 1.29 is 9.47 Å². The lowest BCUT2D eigenvalue weighted by Gasteiger charge is -2.36. The lowest BCUT2D eigenvalue weighted by atomic mass is 9.77. The van der Waals surface area contributed by atoms with Gasteiger partial charge in [-0.05, 0) is 52.9 Å². The highest BCUT2D eigenvalue weighted by molar-refractivity contribution is 9.10. The van der Waals surface area contributed by atoms with Crippen LogP contribution in [0.15, 0.2) is 16.6 Å². The van der Waals surface area contributed by atoms with E-state index in [1.807, 2.05) is 6.07 Å². The summed E-state index contributed by atoms with van der Waals surface area (Å²) in [6.07, 6.45) is 5.16. The summed E-state index contributed by atoms with van der Waals surface area (Å²) in [4.78, 5) is 0. The number of hydrogen-bond acceptors (Lipinski definition) is 3. The van der Waals surface area contributed by atoms with Crippen LogP contribution >= 0.6 is 15.9 Å². The van der Waals surface area contributed by atoms with Gasteiger partial charge in [0.2, 0.25) is 0 Å². The molecule has 0 radical (unpaired) electrons. The van der Waals surface area contributed by atoms with E-state index in [1.54, 1.807) is 14.2 Å². The molecule has 118 valence electrons. The molecule has 1 aliphatic carbocycles. The molecule has 1 aromatic rings. The van der Waals surface area contributed by atoms with E-state index >= 15 is 0 Å². The summed E-state index contributed by atoms with van der Waals surface area (Å²) in [7, 11) is 3.41. The zero-order chi connectivity index (χ0) is 15.5. The van der Waals surface area contributed by atoms with Crippen molar-refractivity contribution in [2.45, 2.75) is 45.6 Å². The molecule has 1 fully saturated rings. The first-order valence-corrected chi connectivity index (χ1v) is 8.50. The van der Waals surface area contributed by atoms with E-state index in [2.05, 4.69) is 41.2 Å². The van der Waals surface area contributed by atoms with Crippen LogP contribution in [-0.2, 0) is 0 Å². The summed E-state index contributed by atoms with van der Waals surface area (Å²) in [6.45, 7) is 5.51. The fraction of sp³-hybridized carbons (Fsp3) is 0.647. The molecule has 0 saturated heterocycles.